The Labute approximate surface area is 194 Å². The number of sulfone groups is 1. The smallest absolute Gasteiger partial charge is 0.179 e. The monoisotopic (exact) mass is 455 g/mol. The number of anilines is 1. The zero-order valence-corrected chi connectivity index (χ0v) is 21.0. The number of allylic oxidation sites excluding steroid dienone is 1. The first kappa shape index (κ1) is 24.4. The number of rotatable bonds is 9. The van der Waals surface area contributed by atoms with Crippen LogP contribution in [0.15, 0.2) is 53.4 Å². The molecule has 1 heterocycles. The quantitative estimate of drug-likeness (QED) is 0.442. The van der Waals surface area contributed by atoms with Gasteiger partial charge in [0.2, 0.25) is 0 Å². The highest BCUT2D eigenvalue weighted by Gasteiger charge is 2.38. The lowest BCUT2D eigenvalue weighted by molar-refractivity contribution is 0.340. The Bertz CT molecular complexity index is 1040. The van der Waals surface area contributed by atoms with Crippen LogP contribution in [-0.2, 0) is 9.84 Å². The third kappa shape index (κ3) is 5.20. The van der Waals surface area contributed by atoms with Gasteiger partial charge < -0.3 is 9.64 Å². The van der Waals surface area contributed by atoms with Crippen LogP contribution >= 0.6 is 0 Å². The van der Waals surface area contributed by atoms with Gasteiger partial charge >= 0.3 is 0 Å². The molecule has 32 heavy (non-hydrogen) atoms. The molecule has 1 aliphatic rings. The number of fused-ring (bicyclic) bond motifs is 1. The van der Waals surface area contributed by atoms with Crippen LogP contribution in [0.4, 0.5) is 5.69 Å². The predicted molar refractivity (Wildman–Crippen MR) is 134 cm³/mol. The van der Waals surface area contributed by atoms with E-state index in [1.54, 1.807) is 13.2 Å². The Morgan fingerprint density at radius 3 is 2.12 bits per heavy atom. The molecule has 0 saturated heterocycles. The van der Waals surface area contributed by atoms with Crippen LogP contribution in [0.2, 0.25) is 0 Å². The summed E-state index contributed by atoms with van der Waals surface area (Å²) in [6, 6.07) is 13.7. The Morgan fingerprint density at radius 2 is 1.59 bits per heavy atom. The van der Waals surface area contributed by atoms with Crippen molar-refractivity contribution in [2.45, 2.75) is 57.3 Å². The second-order valence-electron chi connectivity index (χ2n) is 9.19. The summed E-state index contributed by atoms with van der Waals surface area (Å²) >= 11 is 0. The molecule has 2 aromatic rings. The van der Waals surface area contributed by atoms with Gasteiger partial charge in [0.05, 0.1) is 17.8 Å². The van der Waals surface area contributed by atoms with E-state index in [1.165, 1.54) is 0 Å². The number of unbranched alkanes of at least 4 members (excludes halogenated alkanes) is 2. The van der Waals surface area contributed by atoms with Crippen molar-refractivity contribution in [2.24, 2.45) is 5.41 Å². The van der Waals surface area contributed by atoms with Crippen molar-refractivity contribution < 1.29 is 13.2 Å². The molecule has 0 saturated carbocycles. The highest BCUT2D eigenvalue weighted by Crippen LogP contribution is 2.45. The van der Waals surface area contributed by atoms with Gasteiger partial charge in [0.1, 0.15) is 5.75 Å². The Kier molecular flexibility index (Phi) is 7.71. The van der Waals surface area contributed by atoms with E-state index < -0.39 is 9.84 Å². The topological polar surface area (TPSA) is 46.6 Å². The van der Waals surface area contributed by atoms with Crippen LogP contribution in [-0.4, -0.2) is 35.4 Å². The Morgan fingerprint density at radius 1 is 0.969 bits per heavy atom. The molecule has 0 aromatic heterocycles. The third-order valence-electron chi connectivity index (χ3n) is 6.49. The lowest BCUT2D eigenvalue weighted by Crippen LogP contribution is -2.28. The molecule has 0 amide bonds. The fourth-order valence-corrected chi connectivity index (χ4v) is 6.70. The molecule has 0 unspecified atom stereocenters. The minimum atomic E-state index is -3.44. The molecule has 0 fully saturated rings. The molecule has 3 rings (SSSR count). The van der Waals surface area contributed by atoms with Crippen LogP contribution in [0.1, 0.15) is 63.5 Å². The SMILES string of the molecule is CCCCC1(CCCC)C=C(c2ccc(OC)cc2)c2cc(N(C)C)ccc2S(=O)(=O)C1. The minimum absolute atomic E-state index is 0.175. The number of benzene rings is 2. The molecule has 0 aliphatic carbocycles. The van der Waals surface area contributed by atoms with Crippen molar-refractivity contribution >= 4 is 21.1 Å². The summed E-state index contributed by atoms with van der Waals surface area (Å²) in [5.41, 5.74) is 3.47. The van der Waals surface area contributed by atoms with E-state index in [-0.39, 0.29) is 11.2 Å². The van der Waals surface area contributed by atoms with Crippen LogP contribution in [0.5, 0.6) is 5.75 Å². The van der Waals surface area contributed by atoms with Crippen LogP contribution in [0, 0.1) is 5.41 Å². The normalized spacial score (nSPS) is 16.6. The minimum Gasteiger partial charge on any atom is -0.497 e. The zero-order valence-electron chi connectivity index (χ0n) is 20.1. The predicted octanol–water partition coefficient (Wildman–Crippen LogP) is 6.35. The molecule has 1 aliphatic heterocycles. The van der Waals surface area contributed by atoms with Gasteiger partial charge in [0.15, 0.2) is 9.84 Å². The highest BCUT2D eigenvalue weighted by molar-refractivity contribution is 7.91. The molecule has 2 aromatic carbocycles. The first-order chi connectivity index (χ1) is 15.2. The number of hydrogen-bond acceptors (Lipinski definition) is 4. The van der Waals surface area contributed by atoms with Gasteiger partial charge in [-0.25, -0.2) is 8.42 Å². The van der Waals surface area contributed by atoms with Gasteiger partial charge in [0, 0.05) is 30.8 Å². The largest absolute Gasteiger partial charge is 0.497 e. The average molecular weight is 456 g/mol. The maximum Gasteiger partial charge on any atom is 0.179 e. The van der Waals surface area contributed by atoms with Crippen LogP contribution < -0.4 is 9.64 Å². The maximum absolute atomic E-state index is 13.7. The van der Waals surface area contributed by atoms with E-state index in [0.717, 1.165) is 66.7 Å². The summed E-state index contributed by atoms with van der Waals surface area (Å²) in [4.78, 5) is 2.46. The summed E-state index contributed by atoms with van der Waals surface area (Å²) in [7, 11) is 2.19. The summed E-state index contributed by atoms with van der Waals surface area (Å²) < 4.78 is 32.8. The van der Waals surface area contributed by atoms with E-state index in [4.69, 9.17) is 4.74 Å². The maximum atomic E-state index is 13.7. The van der Waals surface area contributed by atoms with Gasteiger partial charge in [-0.2, -0.15) is 0 Å². The van der Waals surface area contributed by atoms with E-state index in [0.29, 0.717) is 4.90 Å². The highest BCUT2D eigenvalue weighted by atomic mass is 32.2. The van der Waals surface area contributed by atoms with Crippen molar-refractivity contribution in [3.05, 3.63) is 59.7 Å². The summed E-state index contributed by atoms with van der Waals surface area (Å²) in [5.74, 6) is 0.967. The molecule has 5 heteroatoms. The summed E-state index contributed by atoms with van der Waals surface area (Å²) in [6.07, 6.45) is 8.21. The van der Waals surface area contributed by atoms with Gasteiger partial charge in [-0.15, -0.1) is 0 Å². The van der Waals surface area contributed by atoms with E-state index >= 15 is 0 Å². The molecule has 4 nitrogen and oxygen atoms in total. The van der Waals surface area contributed by atoms with Gasteiger partial charge in [-0.3, -0.25) is 0 Å². The molecule has 0 atom stereocenters. The fraction of sp³-hybridized carbons (Fsp3) is 0.481. The van der Waals surface area contributed by atoms with E-state index in [9.17, 15) is 8.42 Å². The second-order valence-corrected chi connectivity index (χ2v) is 11.1. The van der Waals surface area contributed by atoms with Gasteiger partial charge in [-0.1, -0.05) is 57.7 Å². The number of methoxy groups -OCH3 is 1. The average Bonchev–Trinajstić information content (AvgIpc) is 2.88. The Balaban J connectivity index is 2.30. The van der Waals surface area contributed by atoms with Crippen molar-refractivity contribution in [2.75, 3.05) is 31.9 Å². The number of hydrogen-bond donors (Lipinski definition) is 0. The molecule has 174 valence electrons. The molecular weight excluding hydrogens is 418 g/mol. The number of nitrogens with zero attached hydrogens (tertiary/aromatic N) is 1. The van der Waals surface area contributed by atoms with Crippen molar-refractivity contribution in [1.29, 1.82) is 0 Å². The van der Waals surface area contributed by atoms with E-state index in [1.807, 2.05) is 55.4 Å². The summed E-state index contributed by atoms with van der Waals surface area (Å²) in [5, 5.41) is 0. The molecule has 0 spiro atoms. The lowest BCUT2D eigenvalue weighted by atomic mass is 9.77. The van der Waals surface area contributed by atoms with Crippen molar-refractivity contribution in [3.63, 3.8) is 0 Å². The van der Waals surface area contributed by atoms with Gasteiger partial charge in [-0.05, 0) is 54.3 Å². The fourth-order valence-electron chi connectivity index (χ4n) is 4.64. The standard InChI is InChI=1S/C27H37NO3S/c1-6-8-16-27(17-9-7-2)19-25(21-10-13-23(31-5)14-11-21)24-18-22(28(3)4)12-15-26(24)32(29,30)20-27/h10-15,18-19H,6-9,16-17,20H2,1-5H3. The Hall–Kier alpha value is -2.27. The zero-order chi connectivity index (χ0) is 23.4. The van der Waals surface area contributed by atoms with Gasteiger partial charge in [0.25, 0.3) is 0 Å². The third-order valence-corrected chi connectivity index (χ3v) is 8.47. The second kappa shape index (κ2) is 10.1. The molecule has 0 bridgehead atoms. The van der Waals surface area contributed by atoms with Crippen molar-refractivity contribution in [3.8, 4) is 5.75 Å². The van der Waals surface area contributed by atoms with Crippen molar-refractivity contribution in [1.82, 2.24) is 0 Å². The first-order valence-corrected chi connectivity index (χ1v) is 13.3. The molecular formula is C27H37NO3S. The molecule has 0 radical (unpaired) electrons. The van der Waals surface area contributed by atoms with Crippen LogP contribution in [0.3, 0.4) is 0 Å². The van der Waals surface area contributed by atoms with Crippen LogP contribution in [0.25, 0.3) is 5.57 Å². The summed E-state index contributed by atoms with van der Waals surface area (Å²) in [6.45, 7) is 4.34. The van der Waals surface area contributed by atoms with E-state index in [2.05, 4.69) is 19.9 Å². The molecule has 0 N–H and O–H groups in total. The lowest BCUT2D eigenvalue weighted by Gasteiger charge is -2.30. The first-order valence-electron chi connectivity index (χ1n) is 11.7. The number of ether oxygens (including phenoxy) is 1.